The highest BCUT2D eigenvalue weighted by molar-refractivity contribution is 7.90. The van der Waals surface area contributed by atoms with Gasteiger partial charge in [0.25, 0.3) is 0 Å². The fourth-order valence-electron chi connectivity index (χ4n) is 1.98. The van der Waals surface area contributed by atoms with Crippen molar-refractivity contribution >= 4 is 26.6 Å². The Kier molecular flexibility index (Phi) is 3.67. The molecule has 1 aromatic carbocycles. The van der Waals surface area contributed by atoms with Gasteiger partial charge < -0.3 is 15.3 Å². The van der Waals surface area contributed by atoms with Crippen molar-refractivity contribution in [1.82, 2.24) is 9.97 Å². The van der Waals surface area contributed by atoms with Gasteiger partial charge in [0.1, 0.15) is 9.84 Å². The van der Waals surface area contributed by atoms with E-state index in [1.54, 1.807) is 25.1 Å². The number of aromatic amines is 2. The minimum absolute atomic E-state index is 0.00712. The molecule has 0 spiro atoms. The number of sulfone groups is 1. The maximum atomic E-state index is 11.3. The van der Waals surface area contributed by atoms with Crippen molar-refractivity contribution in [2.24, 2.45) is 0 Å². The molecule has 0 saturated carbocycles. The highest BCUT2D eigenvalue weighted by atomic mass is 32.2. The Morgan fingerprint density at radius 3 is 2.35 bits per heavy atom. The van der Waals surface area contributed by atoms with Crippen molar-refractivity contribution < 1.29 is 8.42 Å². The summed E-state index contributed by atoms with van der Waals surface area (Å²) in [4.78, 5) is 27.3. The number of fused-ring (bicyclic) bond motifs is 1. The summed E-state index contributed by atoms with van der Waals surface area (Å²) >= 11 is 0. The summed E-state index contributed by atoms with van der Waals surface area (Å²) in [5.41, 5.74) is 0.223. The molecule has 1 unspecified atom stereocenters. The van der Waals surface area contributed by atoms with Crippen LogP contribution < -0.4 is 16.4 Å². The van der Waals surface area contributed by atoms with E-state index in [4.69, 9.17) is 0 Å². The second-order valence-corrected chi connectivity index (χ2v) is 6.99. The number of aromatic nitrogens is 2. The van der Waals surface area contributed by atoms with Gasteiger partial charge >= 0.3 is 11.1 Å². The minimum atomic E-state index is -3.07. The molecule has 8 heteroatoms. The average Bonchev–Trinajstić information content (AvgIpc) is 2.28. The standard InChI is InChI=1S/C12H15N3O4S/c1-7(6-20(2,18)19)13-8-3-4-9-10(5-8)15-12(17)11(16)14-9/h3-5,7,13H,6H2,1-2H3,(H,14,16)(H,15,17). The zero-order valence-corrected chi connectivity index (χ0v) is 11.9. The Hall–Kier alpha value is -2.09. The molecule has 0 aliphatic rings. The van der Waals surface area contributed by atoms with Gasteiger partial charge in [0.05, 0.1) is 16.8 Å². The van der Waals surface area contributed by atoms with Crippen LogP contribution in [0.15, 0.2) is 27.8 Å². The molecule has 3 N–H and O–H groups in total. The van der Waals surface area contributed by atoms with Crippen LogP contribution in [0.5, 0.6) is 0 Å². The van der Waals surface area contributed by atoms with E-state index in [0.29, 0.717) is 16.7 Å². The fraction of sp³-hybridized carbons (Fsp3) is 0.333. The maximum Gasteiger partial charge on any atom is 0.314 e. The van der Waals surface area contributed by atoms with Crippen molar-refractivity contribution in [3.8, 4) is 0 Å². The number of anilines is 1. The SMILES string of the molecule is CC(CS(C)(=O)=O)Nc1ccc2[nH]c(=O)c(=O)[nH]c2c1. The summed E-state index contributed by atoms with van der Waals surface area (Å²) < 4.78 is 22.4. The lowest BCUT2D eigenvalue weighted by atomic mass is 10.2. The predicted molar refractivity (Wildman–Crippen MR) is 78.0 cm³/mol. The molecule has 0 bridgehead atoms. The van der Waals surface area contributed by atoms with E-state index in [1.807, 2.05) is 0 Å². The van der Waals surface area contributed by atoms with Crippen LogP contribution in [0.4, 0.5) is 5.69 Å². The molecule has 2 aromatic rings. The van der Waals surface area contributed by atoms with Gasteiger partial charge in [-0.1, -0.05) is 0 Å². The van der Waals surface area contributed by atoms with Crippen LogP contribution in [0.2, 0.25) is 0 Å². The zero-order valence-electron chi connectivity index (χ0n) is 11.1. The summed E-state index contributed by atoms with van der Waals surface area (Å²) in [5.74, 6) is 0.00712. The molecular formula is C12H15N3O4S. The monoisotopic (exact) mass is 297 g/mol. The van der Waals surface area contributed by atoms with E-state index in [0.717, 1.165) is 0 Å². The number of hydrogen-bond donors (Lipinski definition) is 3. The van der Waals surface area contributed by atoms with Gasteiger partial charge in [-0.15, -0.1) is 0 Å². The molecule has 0 aliphatic heterocycles. The molecule has 0 aliphatic carbocycles. The Balaban J connectivity index is 2.30. The van der Waals surface area contributed by atoms with Gasteiger partial charge in [-0.3, -0.25) is 9.59 Å². The maximum absolute atomic E-state index is 11.3. The summed E-state index contributed by atoms with van der Waals surface area (Å²) in [6, 6.07) is 4.72. The van der Waals surface area contributed by atoms with Gasteiger partial charge in [0, 0.05) is 18.0 Å². The van der Waals surface area contributed by atoms with Crippen LogP contribution in [0.25, 0.3) is 11.0 Å². The highest BCUT2D eigenvalue weighted by Gasteiger charge is 2.10. The Labute approximate surface area is 115 Å². The van der Waals surface area contributed by atoms with E-state index < -0.39 is 21.0 Å². The summed E-state index contributed by atoms with van der Waals surface area (Å²) in [6.45, 7) is 1.75. The van der Waals surface area contributed by atoms with Crippen LogP contribution in [-0.4, -0.2) is 36.4 Å². The average molecular weight is 297 g/mol. The van der Waals surface area contributed by atoms with Crippen molar-refractivity contribution in [2.45, 2.75) is 13.0 Å². The van der Waals surface area contributed by atoms with Gasteiger partial charge in [-0.2, -0.15) is 0 Å². The fourth-order valence-corrected chi connectivity index (χ4v) is 2.98. The molecule has 0 amide bonds. The largest absolute Gasteiger partial charge is 0.382 e. The number of rotatable bonds is 4. The molecule has 0 radical (unpaired) electrons. The molecule has 2 rings (SSSR count). The normalized spacial score (nSPS) is 13.3. The molecule has 1 atom stereocenters. The molecule has 7 nitrogen and oxygen atoms in total. The van der Waals surface area contributed by atoms with E-state index in [-0.39, 0.29) is 11.8 Å². The number of benzene rings is 1. The number of H-pyrrole nitrogens is 2. The lowest BCUT2D eigenvalue weighted by molar-refractivity contribution is 0.598. The lowest BCUT2D eigenvalue weighted by Gasteiger charge is -2.14. The summed E-state index contributed by atoms with van der Waals surface area (Å²) in [6.07, 6.45) is 1.17. The van der Waals surface area contributed by atoms with Crippen LogP contribution in [0, 0.1) is 0 Å². The van der Waals surface area contributed by atoms with Gasteiger partial charge in [0.2, 0.25) is 0 Å². The first-order valence-corrected chi connectivity index (χ1v) is 8.01. The first kappa shape index (κ1) is 14.3. The van der Waals surface area contributed by atoms with E-state index in [9.17, 15) is 18.0 Å². The zero-order chi connectivity index (χ0) is 14.9. The van der Waals surface area contributed by atoms with Crippen LogP contribution in [-0.2, 0) is 9.84 Å². The Morgan fingerprint density at radius 1 is 1.15 bits per heavy atom. The first-order valence-electron chi connectivity index (χ1n) is 5.95. The molecule has 0 fully saturated rings. The third-order valence-corrected chi connectivity index (χ3v) is 3.79. The molecule has 0 saturated heterocycles. The molecule has 1 aromatic heterocycles. The number of nitrogens with one attached hydrogen (secondary N) is 3. The van der Waals surface area contributed by atoms with Crippen molar-refractivity contribution in [2.75, 3.05) is 17.3 Å². The topological polar surface area (TPSA) is 112 Å². The van der Waals surface area contributed by atoms with E-state index in [1.165, 1.54) is 6.26 Å². The summed E-state index contributed by atoms with van der Waals surface area (Å²) in [7, 11) is -3.07. The minimum Gasteiger partial charge on any atom is -0.382 e. The van der Waals surface area contributed by atoms with E-state index in [2.05, 4.69) is 15.3 Å². The third-order valence-electron chi connectivity index (χ3n) is 2.69. The van der Waals surface area contributed by atoms with Crippen LogP contribution in [0.1, 0.15) is 6.92 Å². The van der Waals surface area contributed by atoms with Crippen LogP contribution in [0.3, 0.4) is 0 Å². The Morgan fingerprint density at radius 2 is 1.75 bits per heavy atom. The highest BCUT2D eigenvalue weighted by Crippen LogP contribution is 2.15. The van der Waals surface area contributed by atoms with Crippen LogP contribution >= 0.6 is 0 Å². The summed E-state index contributed by atoms with van der Waals surface area (Å²) in [5, 5.41) is 3.03. The second kappa shape index (κ2) is 5.12. The third kappa shape index (κ3) is 3.47. The smallest absolute Gasteiger partial charge is 0.314 e. The van der Waals surface area contributed by atoms with E-state index >= 15 is 0 Å². The number of hydrogen-bond acceptors (Lipinski definition) is 5. The van der Waals surface area contributed by atoms with Crippen molar-refractivity contribution in [1.29, 1.82) is 0 Å². The Bertz CT molecular complexity index is 851. The quantitative estimate of drug-likeness (QED) is 0.691. The van der Waals surface area contributed by atoms with Gasteiger partial charge in [-0.25, -0.2) is 8.42 Å². The van der Waals surface area contributed by atoms with Crippen molar-refractivity contribution in [3.05, 3.63) is 38.9 Å². The first-order chi connectivity index (χ1) is 9.24. The second-order valence-electron chi connectivity index (χ2n) is 4.81. The van der Waals surface area contributed by atoms with Gasteiger partial charge in [0.15, 0.2) is 0 Å². The molecular weight excluding hydrogens is 282 g/mol. The lowest BCUT2D eigenvalue weighted by Crippen LogP contribution is -2.29. The molecule has 1 heterocycles. The molecule has 20 heavy (non-hydrogen) atoms. The van der Waals surface area contributed by atoms with Crippen molar-refractivity contribution in [3.63, 3.8) is 0 Å². The van der Waals surface area contributed by atoms with Gasteiger partial charge in [-0.05, 0) is 25.1 Å². The molecule has 108 valence electrons. The predicted octanol–water partition coefficient (Wildman–Crippen LogP) is 0.0614.